The molecule has 43 heavy (non-hydrogen) atoms. The number of nitrogens with one attached hydrogen (secondary N) is 1. The standard InChI is InChI=1S/C32H50FN7O3/c1-7-40(24(4)5)31(41)26-18-25(33)11-12-28(26)43-30-29(35-22-36-37-30)38-16-13-32(19-38)20-39(21-32)27(23(2)3)10-8-14-34-15-9-17-42-6/h11-12,18,22-24,27,34H,7-10,13-17,19-21H2,1-6H3/t27-/m1/s1. The average Bonchev–Trinajstić information content (AvgIpc) is 3.41. The van der Waals surface area contributed by atoms with Crippen molar-refractivity contribution in [2.45, 2.75) is 72.4 Å². The number of nitrogens with zero attached hydrogens (tertiary/aromatic N) is 6. The van der Waals surface area contributed by atoms with Gasteiger partial charge in [-0.2, -0.15) is 0 Å². The summed E-state index contributed by atoms with van der Waals surface area (Å²) in [5.74, 6) is 0.877. The molecule has 11 heteroatoms. The number of anilines is 1. The van der Waals surface area contributed by atoms with Crippen molar-refractivity contribution in [1.29, 1.82) is 0 Å². The summed E-state index contributed by atoms with van der Waals surface area (Å²) in [5, 5.41) is 11.7. The molecule has 2 aliphatic rings. The lowest BCUT2D eigenvalue weighted by atomic mass is 9.76. The van der Waals surface area contributed by atoms with Gasteiger partial charge in [0.2, 0.25) is 0 Å². The van der Waals surface area contributed by atoms with Gasteiger partial charge >= 0.3 is 0 Å². The van der Waals surface area contributed by atoms with Crippen molar-refractivity contribution >= 4 is 11.7 Å². The zero-order chi connectivity index (χ0) is 31.0. The van der Waals surface area contributed by atoms with Gasteiger partial charge in [-0.3, -0.25) is 9.69 Å². The van der Waals surface area contributed by atoms with Gasteiger partial charge in [-0.1, -0.05) is 13.8 Å². The van der Waals surface area contributed by atoms with Crippen molar-refractivity contribution < 1.29 is 18.7 Å². The molecule has 238 valence electrons. The van der Waals surface area contributed by atoms with Crippen LogP contribution in [0.1, 0.15) is 70.7 Å². The smallest absolute Gasteiger partial charge is 0.282 e. The van der Waals surface area contributed by atoms with Crippen molar-refractivity contribution in [1.82, 2.24) is 30.3 Å². The van der Waals surface area contributed by atoms with E-state index in [1.165, 1.54) is 37.4 Å². The predicted octanol–water partition coefficient (Wildman–Crippen LogP) is 4.62. The first kappa shape index (κ1) is 33.0. The van der Waals surface area contributed by atoms with Gasteiger partial charge in [0.1, 0.15) is 17.9 Å². The summed E-state index contributed by atoms with van der Waals surface area (Å²) >= 11 is 0. The minimum Gasteiger partial charge on any atom is -0.434 e. The van der Waals surface area contributed by atoms with E-state index in [4.69, 9.17) is 9.47 Å². The molecule has 2 saturated heterocycles. The molecule has 4 rings (SSSR count). The fourth-order valence-corrected chi connectivity index (χ4v) is 6.57. The van der Waals surface area contributed by atoms with Crippen molar-refractivity contribution in [3.05, 3.63) is 35.9 Å². The first-order valence-electron chi connectivity index (χ1n) is 15.8. The first-order valence-corrected chi connectivity index (χ1v) is 15.8. The number of halogens is 1. The molecule has 3 heterocycles. The largest absolute Gasteiger partial charge is 0.434 e. The molecule has 0 radical (unpaired) electrons. The van der Waals surface area contributed by atoms with Crippen LogP contribution in [0, 0.1) is 17.2 Å². The third kappa shape index (κ3) is 8.19. The second-order valence-corrected chi connectivity index (χ2v) is 12.6. The van der Waals surface area contributed by atoms with Gasteiger partial charge in [-0.05, 0) is 83.7 Å². The Morgan fingerprint density at radius 2 is 1.93 bits per heavy atom. The number of aromatic nitrogens is 3. The molecule has 0 aliphatic carbocycles. The van der Waals surface area contributed by atoms with E-state index in [1.807, 2.05) is 20.8 Å². The molecule has 2 fully saturated rings. The maximum Gasteiger partial charge on any atom is 0.282 e. The number of amides is 1. The number of benzene rings is 1. The molecule has 1 atom stereocenters. The number of carbonyl (C=O) groups is 1. The van der Waals surface area contributed by atoms with E-state index in [0.29, 0.717) is 24.3 Å². The van der Waals surface area contributed by atoms with E-state index in [9.17, 15) is 9.18 Å². The molecule has 1 spiro atoms. The van der Waals surface area contributed by atoms with Gasteiger partial charge in [-0.15, -0.1) is 10.2 Å². The summed E-state index contributed by atoms with van der Waals surface area (Å²) in [4.78, 5) is 24.4. The van der Waals surface area contributed by atoms with Gasteiger partial charge in [0.15, 0.2) is 5.82 Å². The molecule has 1 amide bonds. The molecule has 1 aromatic carbocycles. The lowest BCUT2D eigenvalue weighted by Crippen LogP contribution is -2.62. The molecule has 0 unspecified atom stereocenters. The number of hydrogen-bond donors (Lipinski definition) is 1. The van der Waals surface area contributed by atoms with Crippen LogP contribution in [0.5, 0.6) is 11.6 Å². The third-order valence-electron chi connectivity index (χ3n) is 8.78. The topological polar surface area (TPSA) is 96.0 Å². The first-order chi connectivity index (χ1) is 20.7. The quantitative estimate of drug-likeness (QED) is 0.278. The number of ether oxygens (including phenoxy) is 2. The van der Waals surface area contributed by atoms with E-state index in [-0.39, 0.29) is 34.6 Å². The third-order valence-corrected chi connectivity index (χ3v) is 8.78. The summed E-state index contributed by atoms with van der Waals surface area (Å²) in [6.07, 6.45) is 5.89. The lowest BCUT2D eigenvalue weighted by Gasteiger charge is -2.53. The fraction of sp³-hybridized carbons (Fsp3) is 0.688. The van der Waals surface area contributed by atoms with Crippen LogP contribution in [0.25, 0.3) is 0 Å². The van der Waals surface area contributed by atoms with E-state index < -0.39 is 5.82 Å². The summed E-state index contributed by atoms with van der Waals surface area (Å²) in [5.41, 5.74) is 0.369. The van der Waals surface area contributed by atoms with Gasteiger partial charge in [0.25, 0.3) is 11.8 Å². The van der Waals surface area contributed by atoms with E-state index >= 15 is 0 Å². The van der Waals surface area contributed by atoms with Crippen LogP contribution in [0.15, 0.2) is 24.5 Å². The SMILES string of the molecule is CCN(C(=O)c1cc(F)ccc1Oc1nncnc1N1CCC2(C1)CN([C@H](CCCNCCCOC)C(C)C)C2)C(C)C. The second kappa shape index (κ2) is 15.2. The molecule has 1 N–H and O–H groups in total. The van der Waals surface area contributed by atoms with Crippen LogP contribution in [0.2, 0.25) is 0 Å². The molecule has 1 aromatic heterocycles. The van der Waals surface area contributed by atoms with Gasteiger partial charge in [-0.25, -0.2) is 9.37 Å². The van der Waals surface area contributed by atoms with Gasteiger partial charge in [0, 0.05) is 63.9 Å². The fourth-order valence-electron chi connectivity index (χ4n) is 6.57. The highest BCUT2D eigenvalue weighted by molar-refractivity contribution is 5.97. The number of carbonyl (C=O) groups excluding carboxylic acids is 1. The van der Waals surface area contributed by atoms with E-state index in [1.54, 1.807) is 12.0 Å². The van der Waals surface area contributed by atoms with Crippen LogP contribution >= 0.6 is 0 Å². The predicted molar refractivity (Wildman–Crippen MR) is 166 cm³/mol. The lowest BCUT2D eigenvalue weighted by molar-refractivity contribution is -0.0339. The molecule has 0 bridgehead atoms. The zero-order valence-electron chi connectivity index (χ0n) is 26.8. The highest BCUT2D eigenvalue weighted by atomic mass is 19.1. The number of methoxy groups -OCH3 is 1. The summed E-state index contributed by atoms with van der Waals surface area (Å²) in [6.45, 7) is 17.6. The van der Waals surface area contributed by atoms with Crippen molar-refractivity contribution in [2.24, 2.45) is 11.3 Å². The average molecular weight is 600 g/mol. The molecular weight excluding hydrogens is 549 g/mol. The normalized spacial score (nSPS) is 17.1. The Morgan fingerprint density at radius 3 is 2.63 bits per heavy atom. The van der Waals surface area contributed by atoms with Crippen LogP contribution in [-0.2, 0) is 4.74 Å². The monoisotopic (exact) mass is 599 g/mol. The summed E-state index contributed by atoms with van der Waals surface area (Å²) < 4.78 is 25.6. The van der Waals surface area contributed by atoms with E-state index in [2.05, 4.69) is 44.1 Å². The Hall–Kier alpha value is -2.89. The Balaban J connectivity index is 1.39. The maximum absolute atomic E-state index is 14.3. The minimum atomic E-state index is -0.498. The number of hydrogen-bond acceptors (Lipinski definition) is 9. The molecule has 2 aromatic rings. The van der Waals surface area contributed by atoms with Crippen LogP contribution < -0.4 is 15.0 Å². The van der Waals surface area contributed by atoms with Crippen LogP contribution in [0.3, 0.4) is 0 Å². The van der Waals surface area contributed by atoms with Gasteiger partial charge in [0.05, 0.1) is 5.56 Å². The van der Waals surface area contributed by atoms with Crippen molar-refractivity contribution in [3.8, 4) is 11.6 Å². The van der Waals surface area contributed by atoms with Crippen molar-refractivity contribution in [2.75, 3.05) is 64.4 Å². The Bertz CT molecular complexity index is 1190. The second-order valence-electron chi connectivity index (χ2n) is 12.6. The highest BCUT2D eigenvalue weighted by Gasteiger charge is 2.50. The summed E-state index contributed by atoms with van der Waals surface area (Å²) in [6, 6.07) is 4.53. The summed E-state index contributed by atoms with van der Waals surface area (Å²) in [7, 11) is 1.75. The Labute approximate surface area is 256 Å². The van der Waals surface area contributed by atoms with Crippen molar-refractivity contribution in [3.63, 3.8) is 0 Å². The van der Waals surface area contributed by atoms with E-state index in [0.717, 1.165) is 58.7 Å². The molecular formula is C32H50FN7O3. The minimum absolute atomic E-state index is 0.0387. The van der Waals surface area contributed by atoms with Crippen LogP contribution in [-0.4, -0.2) is 103 Å². The Morgan fingerprint density at radius 1 is 1.16 bits per heavy atom. The molecule has 0 saturated carbocycles. The molecule has 10 nitrogen and oxygen atoms in total. The maximum atomic E-state index is 14.3. The Kier molecular flexibility index (Phi) is 11.7. The highest BCUT2D eigenvalue weighted by Crippen LogP contribution is 2.44. The van der Waals surface area contributed by atoms with Crippen LogP contribution in [0.4, 0.5) is 10.2 Å². The number of rotatable bonds is 16. The number of likely N-dealkylation sites (tertiary alicyclic amines) is 1. The van der Waals surface area contributed by atoms with Gasteiger partial charge < -0.3 is 24.6 Å². The zero-order valence-corrected chi connectivity index (χ0v) is 26.8. The molecule has 2 aliphatic heterocycles.